The number of carbonyl (C=O) groups is 1. The van der Waals surface area contributed by atoms with Crippen LogP contribution >= 0.6 is 0 Å². The Balaban J connectivity index is 1.21. The maximum atomic E-state index is 11.3. The quantitative estimate of drug-likeness (QED) is 0.613. The van der Waals surface area contributed by atoms with Crippen molar-refractivity contribution in [3.05, 3.63) is 47.2 Å². The standard InChI is InChI=1S/C23H31N5O2/c1-16-25-12-19(13-26-16)21(11-22(29)30)28-14-17(15-28)5-2-3-7-20-9-8-18-6-4-10-24-23(18)27-20/h8-9,12-13,17,21H,2-7,10-11,14-15H2,1H3,(H,24,27)(H,29,30)/t21-/m0/s1. The number of carboxylic acid groups (broad SMARTS) is 1. The number of fused-ring (bicyclic) bond motifs is 1. The zero-order valence-electron chi connectivity index (χ0n) is 17.7. The van der Waals surface area contributed by atoms with Gasteiger partial charge >= 0.3 is 5.97 Å². The summed E-state index contributed by atoms with van der Waals surface area (Å²) in [6.07, 6.45) is 10.5. The lowest BCUT2D eigenvalue weighted by atomic mass is 9.89. The van der Waals surface area contributed by atoms with E-state index in [0.29, 0.717) is 11.7 Å². The Bertz CT molecular complexity index is 864. The van der Waals surface area contributed by atoms with Gasteiger partial charge in [-0.1, -0.05) is 12.5 Å². The van der Waals surface area contributed by atoms with E-state index < -0.39 is 5.97 Å². The minimum absolute atomic E-state index is 0.0944. The average Bonchev–Trinajstić information content (AvgIpc) is 2.71. The first-order valence-electron chi connectivity index (χ1n) is 11.1. The first kappa shape index (κ1) is 20.7. The van der Waals surface area contributed by atoms with Gasteiger partial charge in [0, 0.05) is 49.3 Å². The maximum Gasteiger partial charge on any atom is 0.305 e. The van der Waals surface area contributed by atoms with Crippen LogP contribution in [0.25, 0.3) is 0 Å². The number of aliphatic carboxylic acids is 1. The topological polar surface area (TPSA) is 91.2 Å². The number of nitrogens with zero attached hydrogens (tertiary/aromatic N) is 4. The lowest BCUT2D eigenvalue weighted by Crippen LogP contribution is -2.48. The number of pyridine rings is 1. The van der Waals surface area contributed by atoms with Gasteiger partial charge in [0.1, 0.15) is 11.6 Å². The number of carboxylic acids is 1. The largest absolute Gasteiger partial charge is 0.481 e. The lowest BCUT2D eigenvalue weighted by molar-refractivity contribution is -0.139. The molecule has 2 aromatic heterocycles. The van der Waals surface area contributed by atoms with E-state index in [-0.39, 0.29) is 12.5 Å². The van der Waals surface area contributed by atoms with Crippen LogP contribution in [0, 0.1) is 12.8 Å². The molecule has 2 aromatic rings. The molecule has 0 bridgehead atoms. The van der Waals surface area contributed by atoms with Gasteiger partial charge in [-0.05, 0) is 56.6 Å². The molecule has 1 atom stereocenters. The molecule has 2 aliphatic rings. The zero-order valence-corrected chi connectivity index (χ0v) is 17.7. The van der Waals surface area contributed by atoms with Crippen LogP contribution in [0.1, 0.15) is 60.8 Å². The van der Waals surface area contributed by atoms with Crippen molar-refractivity contribution in [3.63, 3.8) is 0 Å². The first-order chi connectivity index (χ1) is 14.6. The van der Waals surface area contributed by atoms with E-state index in [1.165, 1.54) is 30.5 Å². The highest BCUT2D eigenvalue weighted by molar-refractivity contribution is 5.67. The number of rotatable bonds is 9. The summed E-state index contributed by atoms with van der Waals surface area (Å²) in [7, 11) is 0. The van der Waals surface area contributed by atoms with E-state index in [1.807, 2.05) is 6.92 Å². The monoisotopic (exact) mass is 409 g/mol. The zero-order chi connectivity index (χ0) is 20.9. The van der Waals surface area contributed by atoms with Crippen LogP contribution in [-0.4, -0.2) is 50.6 Å². The molecule has 0 saturated carbocycles. The van der Waals surface area contributed by atoms with Crippen LogP contribution < -0.4 is 5.32 Å². The van der Waals surface area contributed by atoms with Crippen LogP contribution in [-0.2, 0) is 17.6 Å². The van der Waals surface area contributed by atoms with E-state index in [0.717, 1.165) is 50.3 Å². The third-order valence-corrected chi connectivity index (χ3v) is 6.23. The summed E-state index contributed by atoms with van der Waals surface area (Å²) in [5.74, 6) is 1.65. The molecule has 0 amide bonds. The molecular weight excluding hydrogens is 378 g/mol. The van der Waals surface area contributed by atoms with Crippen molar-refractivity contribution in [2.24, 2.45) is 5.92 Å². The molecule has 7 nitrogen and oxygen atoms in total. The van der Waals surface area contributed by atoms with E-state index in [4.69, 9.17) is 4.98 Å². The van der Waals surface area contributed by atoms with Crippen LogP contribution in [0.5, 0.6) is 0 Å². The lowest BCUT2D eigenvalue weighted by Gasteiger charge is -2.44. The second-order valence-electron chi connectivity index (χ2n) is 8.58. The third-order valence-electron chi connectivity index (χ3n) is 6.23. The molecule has 0 aromatic carbocycles. The van der Waals surface area contributed by atoms with Crippen LogP contribution in [0.2, 0.25) is 0 Å². The fraction of sp³-hybridized carbons (Fsp3) is 0.565. The Morgan fingerprint density at radius 3 is 2.83 bits per heavy atom. The molecule has 0 radical (unpaired) electrons. The molecule has 2 N–H and O–H groups in total. The van der Waals surface area contributed by atoms with Gasteiger partial charge in [0.15, 0.2) is 0 Å². The Labute approximate surface area is 178 Å². The van der Waals surface area contributed by atoms with Crippen molar-refractivity contribution in [2.45, 2.75) is 57.9 Å². The van der Waals surface area contributed by atoms with Crippen molar-refractivity contribution in [3.8, 4) is 0 Å². The van der Waals surface area contributed by atoms with Crippen molar-refractivity contribution in [1.82, 2.24) is 19.9 Å². The fourth-order valence-corrected chi connectivity index (χ4v) is 4.49. The number of aromatic nitrogens is 3. The summed E-state index contributed by atoms with van der Waals surface area (Å²) in [6, 6.07) is 4.27. The molecule has 0 unspecified atom stereocenters. The summed E-state index contributed by atoms with van der Waals surface area (Å²) >= 11 is 0. The average molecular weight is 410 g/mol. The van der Waals surface area contributed by atoms with Gasteiger partial charge < -0.3 is 10.4 Å². The summed E-state index contributed by atoms with van der Waals surface area (Å²) in [6.45, 7) is 4.77. The minimum atomic E-state index is -0.781. The second-order valence-corrected chi connectivity index (χ2v) is 8.58. The summed E-state index contributed by atoms with van der Waals surface area (Å²) in [4.78, 5) is 26.9. The Morgan fingerprint density at radius 2 is 2.07 bits per heavy atom. The number of aryl methyl sites for hydroxylation is 3. The highest BCUT2D eigenvalue weighted by Gasteiger charge is 2.34. The number of nitrogens with one attached hydrogen (secondary N) is 1. The van der Waals surface area contributed by atoms with Gasteiger partial charge in [0.05, 0.1) is 6.42 Å². The molecule has 1 saturated heterocycles. The van der Waals surface area contributed by atoms with Gasteiger partial charge in [-0.3, -0.25) is 9.69 Å². The SMILES string of the molecule is Cc1ncc([C@H](CC(=O)O)N2CC(CCCCc3ccc4c(n3)NCCC4)C2)cn1. The van der Waals surface area contributed by atoms with Crippen LogP contribution in [0.4, 0.5) is 5.82 Å². The molecule has 30 heavy (non-hydrogen) atoms. The highest BCUT2D eigenvalue weighted by Crippen LogP contribution is 2.33. The van der Waals surface area contributed by atoms with E-state index in [9.17, 15) is 9.90 Å². The van der Waals surface area contributed by atoms with Gasteiger partial charge in [-0.15, -0.1) is 0 Å². The Hall–Kier alpha value is -2.54. The Kier molecular flexibility index (Phi) is 6.57. The van der Waals surface area contributed by atoms with Crippen molar-refractivity contribution < 1.29 is 9.90 Å². The minimum Gasteiger partial charge on any atom is -0.481 e. The van der Waals surface area contributed by atoms with Gasteiger partial charge in [-0.2, -0.15) is 0 Å². The second kappa shape index (κ2) is 9.51. The molecule has 1 fully saturated rings. The number of hydrogen-bond donors (Lipinski definition) is 2. The number of likely N-dealkylation sites (tertiary alicyclic amines) is 1. The number of anilines is 1. The molecule has 160 valence electrons. The summed E-state index contributed by atoms with van der Waals surface area (Å²) in [5.41, 5.74) is 3.42. The van der Waals surface area contributed by atoms with Gasteiger partial charge in [-0.25, -0.2) is 15.0 Å². The maximum absolute atomic E-state index is 11.3. The van der Waals surface area contributed by atoms with Crippen molar-refractivity contribution in [2.75, 3.05) is 25.0 Å². The van der Waals surface area contributed by atoms with Crippen LogP contribution in [0.15, 0.2) is 24.5 Å². The van der Waals surface area contributed by atoms with Gasteiger partial charge in [0.25, 0.3) is 0 Å². The van der Waals surface area contributed by atoms with E-state index >= 15 is 0 Å². The Morgan fingerprint density at radius 1 is 1.27 bits per heavy atom. The van der Waals surface area contributed by atoms with E-state index in [2.05, 4.69) is 32.3 Å². The normalized spacial score (nSPS) is 17.6. The first-order valence-corrected chi connectivity index (χ1v) is 11.1. The number of unbranched alkanes of at least 4 members (excludes halogenated alkanes) is 1. The predicted molar refractivity (Wildman–Crippen MR) is 115 cm³/mol. The van der Waals surface area contributed by atoms with Crippen LogP contribution in [0.3, 0.4) is 0 Å². The molecule has 2 aliphatic heterocycles. The summed E-state index contributed by atoms with van der Waals surface area (Å²) in [5, 5.41) is 12.7. The fourth-order valence-electron chi connectivity index (χ4n) is 4.49. The molecular formula is C23H31N5O2. The van der Waals surface area contributed by atoms with E-state index in [1.54, 1.807) is 12.4 Å². The molecule has 7 heteroatoms. The third kappa shape index (κ3) is 5.14. The summed E-state index contributed by atoms with van der Waals surface area (Å²) < 4.78 is 0. The van der Waals surface area contributed by atoms with Crippen molar-refractivity contribution >= 4 is 11.8 Å². The number of hydrogen-bond acceptors (Lipinski definition) is 6. The smallest absolute Gasteiger partial charge is 0.305 e. The molecule has 4 rings (SSSR count). The molecule has 4 heterocycles. The van der Waals surface area contributed by atoms with Crippen molar-refractivity contribution in [1.29, 1.82) is 0 Å². The molecule has 0 aliphatic carbocycles. The molecule has 0 spiro atoms. The highest BCUT2D eigenvalue weighted by atomic mass is 16.4. The van der Waals surface area contributed by atoms with Gasteiger partial charge in [0.2, 0.25) is 0 Å². The predicted octanol–water partition coefficient (Wildman–Crippen LogP) is 3.40.